The molecule has 1 unspecified atom stereocenters. The fourth-order valence-corrected chi connectivity index (χ4v) is 2.30. The van der Waals surface area contributed by atoms with Crippen molar-refractivity contribution >= 4 is 0 Å². The van der Waals surface area contributed by atoms with Gasteiger partial charge in [0.05, 0.1) is 18.8 Å². The van der Waals surface area contributed by atoms with Crippen molar-refractivity contribution in [1.29, 1.82) is 5.26 Å². The van der Waals surface area contributed by atoms with E-state index in [9.17, 15) is 5.11 Å². The molecule has 22 heavy (non-hydrogen) atoms. The Morgan fingerprint density at radius 3 is 2.77 bits per heavy atom. The Bertz CT molecular complexity index is 677. The SMILES string of the molecule is COc1ccc(CNCC(O)c2cccc(C)c2)cc1C#N. The number of nitriles is 1. The van der Waals surface area contributed by atoms with Gasteiger partial charge in [-0.3, -0.25) is 0 Å². The van der Waals surface area contributed by atoms with Gasteiger partial charge in [0.15, 0.2) is 0 Å². The number of hydrogen-bond donors (Lipinski definition) is 2. The third-order valence-corrected chi connectivity index (χ3v) is 3.48. The fraction of sp³-hybridized carbons (Fsp3) is 0.278. The summed E-state index contributed by atoms with van der Waals surface area (Å²) < 4.78 is 5.12. The summed E-state index contributed by atoms with van der Waals surface area (Å²) in [6, 6.07) is 15.4. The van der Waals surface area contributed by atoms with E-state index in [1.165, 1.54) is 0 Å². The molecule has 0 aliphatic rings. The molecular formula is C18H20N2O2. The van der Waals surface area contributed by atoms with Crippen LogP contribution in [0.4, 0.5) is 0 Å². The predicted molar refractivity (Wildman–Crippen MR) is 85.6 cm³/mol. The normalized spacial score (nSPS) is 11.7. The van der Waals surface area contributed by atoms with Crippen LogP contribution in [0.3, 0.4) is 0 Å². The maximum atomic E-state index is 10.2. The molecule has 0 bridgehead atoms. The van der Waals surface area contributed by atoms with Gasteiger partial charge in [0.2, 0.25) is 0 Å². The van der Waals surface area contributed by atoms with Gasteiger partial charge in [-0.2, -0.15) is 5.26 Å². The summed E-state index contributed by atoms with van der Waals surface area (Å²) in [6.07, 6.45) is -0.548. The average Bonchev–Trinajstić information content (AvgIpc) is 2.54. The quantitative estimate of drug-likeness (QED) is 0.860. The van der Waals surface area contributed by atoms with Gasteiger partial charge in [0.25, 0.3) is 0 Å². The molecule has 0 spiro atoms. The molecule has 2 rings (SSSR count). The largest absolute Gasteiger partial charge is 0.495 e. The zero-order valence-corrected chi connectivity index (χ0v) is 12.8. The number of nitrogens with zero attached hydrogens (tertiary/aromatic N) is 1. The first-order valence-electron chi connectivity index (χ1n) is 7.16. The number of nitrogens with one attached hydrogen (secondary N) is 1. The van der Waals surface area contributed by atoms with Crippen LogP contribution in [0.2, 0.25) is 0 Å². The van der Waals surface area contributed by atoms with Crippen LogP contribution >= 0.6 is 0 Å². The van der Waals surface area contributed by atoms with E-state index in [0.717, 1.165) is 16.7 Å². The standard InChI is InChI=1S/C18H20N2O2/c1-13-4-3-5-15(8-13)17(21)12-20-11-14-6-7-18(22-2)16(9-14)10-19/h3-9,17,20-21H,11-12H2,1-2H3. The minimum atomic E-state index is -0.548. The lowest BCUT2D eigenvalue weighted by atomic mass is 10.1. The lowest BCUT2D eigenvalue weighted by Gasteiger charge is -2.13. The maximum absolute atomic E-state index is 10.2. The minimum Gasteiger partial charge on any atom is -0.495 e. The number of hydrogen-bond acceptors (Lipinski definition) is 4. The van der Waals surface area contributed by atoms with E-state index in [2.05, 4.69) is 11.4 Å². The lowest BCUT2D eigenvalue weighted by Crippen LogP contribution is -2.21. The Balaban J connectivity index is 1.92. The topological polar surface area (TPSA) is 65.3 Å². The van der Waals surface area contributed by atoms with Crippen LogP contribution in [-0.2, 0) is 6.54 Å². The number of aliphatic hydroxyl groups is 1. The van der Waals surface area contributed by atoms with Crippen LogP contribution in [-0.4, -0.2) is 18.8 Å². The third-order valence-electron chi connectivity index (χ3n) is 3.48. The Kier molecular flexibility index (Phi) is 5.54. The highest BCUT2D eigenvalue weighted by atomic mass is 16.5. The number of rotatable bonds is 6. The molecule has 4 heteroatoms. The van der Waals surface area contributed by atoms with Gasteiger partial charge in [0, 0.05) is 13.1 Å². The maximum Gasteiger partial charge on any atom is 0.136 e. The van der Waals surface area contributed by atoms with Gasteiger partial charge >= 0.3 is 0 Å². The van der Waals surface area contributed by atoms with E-state index in [-0.39, 0.29) is 0 Å². The lowest BCUT2D eigenvalue weighted by molar-refractivity contribution is 0.174. The highest BCUT2D eigenvalue weighted by Gasteiger charge is 2.08. The predicted octanol–water partition coefficient (Wildman–Crippen LogP) is 2.70. The number of benzene rings is 2. The molecule has 0 aliphatic carbocycles. The van der Waals surface area contributed by atoms with Crippen molar-refractivity contribution in [2.24, 2.45) is 0 Å². The molecule has 0 amide bonds. The van der Waals surface area contributed by atoms with Gasteiger partial charge in [-0.1, -0.05) is 35.9 Å². The Morgan fingerprint density at radius 1 is 1.27 bits per heavy atom. The Morgan fingerprint density at radius 2 is 2.09 bits per heavy atom. The van der Waals surface area contributed by atoms with Crippen LogP contribution in [0.25, 0.3) is 0 Å². The molecule has 2 aromatic carbocycles. The summed E-state index contributed by atoms with van der Waals surface area (Å²) in [5, 5.41) is 22.5. The minimum absolute atomic E-state index is 0.456. The Hall–Kier alpha value is -2.35. The van der Waals surface area contributed by atoms with Crippen molar-refractivity contribution in [3.8, 4) is 11.8 Å². The van der Waals surface area contributed by atoms with Crippen LogP contribution < -0.4 is 10.1 Å². The molecule has 0 saturated carbocycles. The van der Waals surface area contributed by atoms with Crippen LogP contribution in [0.1, 0.15) is 28.4 Å². The number of ether oxygens (including phenoxy) is 1. The van der Waals surface area contributed by atoms with Crippen molar-refractivity contribution in [2.45, 2.75) is 19.6 Å². The van der Waals surface area contributed by atoms with Crippen LogP contribution in [0, 0.1) is 18.3 Å². The highest BCUT2D eigenvalue weighted by Crippen LogP contribution is 2.19. The molecule has 2 aromatic rings. The van der Waals surface area contributed by atoms with Gasteiger partial charge in [0.1, 0.15) is 11.8 Å². The third kappa shape index (κ3) is 4.08. The fourth-order valence-electron chi connectivity index (χ4n) is 2.30. The average molecular weight is 296 g/mol. The molecule has 114 valence electrons. The molecule has 0 fully saturated rings. The monoisotopic (exact) mass is 296 g/mol. The summed E-state index contributed by atoms with van der Waals surface area (Å²) in [6.45, 7) is 3.04. The summed E-state index contributed by atoms with van der Waals surface area (Å²) >= 11 is 0. The van der Waals surface area contributed by atoms with Gasteiger partial charge in [-0.05, 0) is 30.2 Å². The zero-order valence-electron chi connectivity index (χ0n) is 12.8. The molecule has 1 atom stereocenters. The van der Waals surface area contributed by atoms with Crippen molar-refractivity contribution < 1.29 is 9.84 Å². The molecule has 2 N–H and O–H groups in total. The molecular weight excluding hydrogens is 276 g/mol. The number of aryl methyl sites for hydroxylation is 1. The van der Waals surface area contributed by atoms with Crippen molar-refractivity contribution in [3.63, 3.8) is 0 Å². The summed E-state index contributed by atoms with van der Waals surface area (Å²) in [5.41, 5.74) is 3.53. The number of methoxy groups -OCH3 is 1. The first-order chi connectivity index (χ1) is 10.6. The Labute approximate surface area is 131 Å². The van der Waals surface area contributed by atoms with E-state index in [1.807, 2.05) is 37.3 Å². The molecule has 0 heterocycles. The van der Waals surface area contributed by atoms with Gasteiger partial charge < -0.3 is 15.2 Å². The summed E-state index contributed by atoms with van der Waals surface area (Å²) in [4.78, 5) is 0. The second kappa shape index (κ2) is 7.60. The second-order valence-electron chi connectivity index (χ2n) is 5.21. The first kappa shape index (κ1) is 16.0. The van der Waals surface area contributed by atoms with E-state index in [1.54, 1.807) is 19.2 Å². The molecule has 0 radical (unpaired) electrons. The van der Waals surface area contributed by atoms with E-state index in [4.69, 9.17) is 10.00 Å². The molecule has 4 nitrogen and oxygen atoms in total. The van der Waals surface area contributed by atoms with E-state index < -0.39 is 6.10 Å². The van der Waals surface area contributed by atoms with Crippen molar-refractivity contribution in [2.75, 3.05) is 13.7 Å². The van der Waals surface area contributed by atoms with Crippen LogP contribution in [0.15, 0.2) is 42.5 Å². The first-order valence-corrected chi connectivity index (χ1v) is 7.16. The second-order valence-corrected chi connectivity index (χ2v) is 5.21. The van der Waals surface area contributed by atoms with Gasteiger partial charge in [-0.15, -0.1) is 0 Å². The summed E-state index contributed by atoms with van der Waals surface area (Å²) in [7, 11) is 1.55. The highest BCUT2D eigenvalue weighted by molar-refractivity contribution is 5.45. The van der Waals surface area contributed by atoms with Crippen LogP contribution in [0.5, 0.6) is 5.75 Å². The van der Waals surface area contributed by atoms with Gasteiger partial charge in [-0.25, -0.2) is 0 Å². The van der Waals surface area contributed by atoms with Crippen molar-refractivity contribution in [3.05, 3.63) is 64.7 Å². The molecule has 0 aliphatic heterocycles. The number of aliphatic hydroxyl groups excluding tert-OH is 1. The smallest absolute Gasteiger partial charge is 0.136 e. The van der Waals surface area contributed by atoms with E-state index in [0.29, 0.717) is 24.4 Å². The zero-order chi connectivity index (χ0) is 15.9. The van der Waals surface area contributed by atoms with Crippen molar-refractivity contribution in [1.82, 2.24) is 5.32 Å². The summed E-state index contributed by atoms with van der Waals surface area (Å²) in [5.74, 6) is 0.575. The van der Waals surface area contributed by atoms with E-state index >= 15 is 0 Å². The molecule has 0 saturated heterocycles. The molecule has 0 aromatic heterocycles.